The van der Waals surface area contributed by atoms with Gasteiger partial charge in [0.2, 0.25) is 0 Å². The van der Waals surface area contributed by atoms with Gasteiger partial charge in [-0.3, -0.25) is 4.90 Å². The first-order valence-electron chi connectivity index (χ1n) is 6.19. The molecule has 0 aliphatic heterocycles. The molecule has 0 atom stereocenters. The van der Waals surface area contributed by atoms with E-state index < -0.39 is 0 Å². The van der Waals surface area contributed by atoms with Gasteiger partial charge in [-0.05, 0) is 36.6 Å². The van der Waals surface area contributed by atoms with Gasteiger partial charge in [-0.1, -0.05) is 48.0 Å². The summed E-state index contributed by atoms with van der Waals surface area (Å²) in [4.78, 5) is 2.44. The van der Waals surface area contributed by atoms with Gasteiger partial charge in [0.1, 0.15) is 0 Å². The molecular weight excluding hydrogens is 274 g/mol. The number of rotatable bonds is 7. The first-order valence-corrected chi connectivity index (χ1v) is 6.99. The largest absolute Gasteiger partial charge is 0.295 e. The highest BCUT2D eigenvalue weighted by molar-refractivity contribution is 9.10. The summed E-state index contributed by atoms with van der Waals surface area (Å²) in [5.41, 5.74) is 1.35. The van der Waals surface area contributed by atoms with Gasteiger partial charge in [-0.2, -0.15) is 0 Å². The van der Waals surface area contributed by atoms with Crippen molar-refractivity contribution in [2.24, 2.45) is 5.92 Å². The average molecular weight is 296 g/mol. The van der Waals surface area contributed by atoms with Crippen molar-refractivity contribution in [3.63, 3.8) is 0 Å². The Morgan fingerprint density at radius 3 is 2.76 bits per heavy atom. The van der Waals surface area contributed by atoms with Gasteiger partial charge in [0.25, 0.3) is 0 Å². The predicted molar refractivity (Wildman–Crippen MR) is 79.1 cm³/mol. The van der Waals surface area contributed by atoms with Crippen molar-refractivity contribution in [2.75, 3.05) is 13.1 Å². The van der Waals surface area contributed by atoms with Crippen molar-refractivity contribution in [2.45, 2.75) is 26.8 Å². The van der Waals surface area contributed by atoms with Crippen LogP contribution in [0.15, 0.2) is 41.4 Å². The van der Waals surface area contributed by atoms with Crippen molar-refractivity contribution in [1.82, 2.24) is 4.90 Å². The molecule has 0 unspecified atom stereocenters. The lowest BCUT2D eigenvalue weighted by molar-refractivity contribution is 0.275. The van der Waals surface area contributed by atoms with Crippen LogP contribution >= 0.6 is 15.9 Å². The minimum atomic E-state index is 0.754. The second-order valence-electron chi connectivity index (χ2n) is 4.84. The third kappa shape index (κ3) is 6.04. The van der Waals surface area contributed by atoms with E-state index in [1.807, 2.05) is 6.08 Å². The highest BCUT2D eigenvalue weighted by Crippen LogP contribution is 2.14. The van der Waals surface area contributed by atoms with Crippen LogP contribution in [0.2, 0.25) is 0 Å². The van der Waals surface area contributed by atoms with Gasteiger partial charge in [0.05, 0.1) is 0 Å². The van der Waals surface area contributed by atoms with E-state index in [9.17, 15) is 0 Å². The molecule has 1 aromatic rings. The van der Waals surface area contributed by atoms with E-state index in [4.69, 9.17) is 0 Å². The number of halogens is 1. The number of hydrogen-bond acceptors (Lipinski definition) is 1. The molecule has 0 bridgehead atoms. The Hall–Kier alpha value is -0.600. The standard InChI is InChI=1S/C15H22BrN/c1-4-9-17(10-8-13(2)3)12-14-6-5-7-15(16)11-14/h4-7,11,13H,1,8-10,12H2,2-3H3. The zero-order valence-electron chi connectivity index (χ0n) is 10.8. The molecular formula is C15H22BrN. The van der Waals surface area contributed by atoms with E-state index in [0.717, 1.165) is 30.0 Å². The van der Waals surface area contributed by atoms with Crippen LogP contribution < -0.4 is 0 Å². The van der Waals surface area contributed by atoms with E-state index in [2.05, 4.69) is 65.5 Å². The van der Waals surface area contributed by atoms with E-state index in [0.29, 0.717) is 0 Å². The fourth-order valence-corrected chi connectivity index (χ4v) is 2.20. The molecule has 0 saturated carbocycles. The molecule has 17 heavy (non-hydrogen) atoms. The third-order valence-electron chi connectivity index (χ3n) is 2.71. The highest BCUT2D eigenvalue weighted by atomic mass is 79.9. The summed E-state index contributed by atoms with van der Waals surface area (Å²) in [6, 6.07) is 8.52. The molecule has 0 amide bonds. The SMILES string of the molecule is C=CCN(CCC(C)C)Cc1cccc(Br)c1. The van der Waals surface area contributed by atoms with Gasteiger partial charge < -0.3 is 0 Å². The van der Waals surface area contributed by atoms with E-state index in [-0.39, 0.29) is 0 Å². The minimum absolute atomic E-state index is 0.754. The Morgan fingerprint density at radius 2 is 2.18 bits per heavy atom. The third-order valence-corrected chi connectivity index (χ3v) is 3.20. The summed E-state index contributed by atoms with van der Waals surface area (Å²) < 4.78 is 1.15. The van der Waals surface area contributed by atoms with Crippen molar-refractivity contribution < 1.29 is 0 Å². The summed E-state index contributed by atoms with van der Waals surface area (Å²) in [6.45, 7) is 11.5. The molecule has 0 radical (unpaired) electrons. The van der Waals surface area contributed by atoms with Gasteiger partial charge >= 0.3 is 0 Å². The Morgan fingerprint density at radius 1 is 1.41 bits per heavy atom. The smallest absolute Gasteiger partial charge is 0.0237 e. The lowest BCUT2D eigenvalue weighted by atomic mass is 10.1. The molecule has 1 aromatic carbocycles. The van der Waals surface area contributed by atoms with E-state index in [1.165, 1.54) is 12.0 Å². The maximum Gasteiger partial charge on any atom is 0.0237 e. The van der Waals surface area contributed by atoms with Crippen molar-refractivity contribution >= 4 is 15.9 Å². The van der Waals surface area contributed by atoms with Crippen LogP contribution in [0.4, 0.5) is 0 Å². The second kappa shape index (κ2) is 7.67. The molecule has 1 rings (SSSR count). The lowest BCUT2D eigenvalue weighted by Gasteiger charge is -2.21. The summed E-state index contributed by atoms with van der Waals surface area (Å²) in [7, 11) is 0. The molecule has 0 spiro atoms. The zero-order valence-corrected chi connectivity index (χ0v) is 12.4. The monoisotopic (exact) mass is 295 g/mol. The minimum Gasteiger partial charge on any atom is -0.295 e. The normalized spacial score (nSPS) is 11.1. The molecule has 0 heterocycles. The second-order valence-corrected chi connectivity index (χ2v) is 5.75. The van der Waals surface area contributed by atoms with E-state index >= 15 is 0 Å². The van der Waals surface area contributed by atoms with Crippen molar-refractivity contribution in [1.29, 1.82) is 0 Å². The molecule has 2 heteroatoms. The van der Waals surface area contributed by atoms with Gasteiger partial charge in [-0.15, -0.1) is 6.58 Å². The van der Waals surface area contributed by atoms with E-state index in [1.54, 1.807) is 0 Å². The molecule has 0 saturated heterocycles. The van der Waals surface area contributed by atoms with Crippen molar-refractivity contribution in [3.05, 3.63) is 47.0 Å². The molecule has 1 nitrogen and oxygen atoms in total. The fourth-order valence-electron chi connectivity index (χ4n) is 1.75. The Balaban J connectivity index is 2.56. The average Bonchev–Trinajstić information content (AvgIpc) is 2.26. The molecule has 0 aliphatic carbocycles. The summed E-state index contributed by atoms with van der Waals surface area (Å²) >= 11 is 3.51. The quantitative estimate of drug-likeness (QED) is 0.670. The lowest BCUT2D eigenvalue weighted by Crippen LogP contribution is -2.25. The van der Waals surface area contributed by atoms with Crippen LogP contribution in [0.1, 0.15) is 25.8 Å². The molecule has 0 aliphatic rings. The maximum absolute atomic E-state index is 3.84. The highest BCUT2D eigenvalue weighted by Gasteiger charge is 2.05. The Kier molecular flexibility index (Phi) is 6.53. The van der Waals surface area contributed by atoms with Crippen LogP contribution in [0.25, 0.3) is 0 Å². The first kappa shape index (κ1) is 14.5. The van der Waals surface area contributed by atoms with Gasteiger partial charge in [-0.25, -0.2) is 0 Å². The Labute approximate surface area is 114 Å². The van der Waals surface area contributed by atoms with Crippen LogP contribution in [0.3, 0.4) is 0 Å². The number of nitrogens with zero attached hydrogens (tertiary/aromatic N) is 1. The number of benzene rings is 1. The topological polar surface area (TPSA) is 3.24 Å². The summed E-state index contributed by atoms with van der Waals surface area (Å²) in [5.74, 6) is 0.754. The van der Waals surface area contributed by atoms with Gasteiger partial charge in [0.15, 0.2) is 0 Å². The molecule has 94 valence electrons. The first-order chi connectivity index (χ1) is 8.11. The molecule has 0 N–H and O–H groups in total. The fraction of sp³-hybridized carbons (Fsp3) is 0.467. The van der Waals surface area contributed by atoms with Crippen LogP contribution in [-0.2, 0) is 6.54 Å². The zero-order chi connectivity index (χ0) is 12.7. The van der Waals surface area contributed by atoms with Crippen LogP contribution in [0, 0.1) is 5.92 Å². The predicted octanol–water partition coefficient (Wildman–Crippen LogP) is 4.48. The molecule has 0 fully saturated rings. The maximum atomic E-state index is 3.84. The van der Waals surface area contributed by atoms with Crippen LogP contribution in [0.5, 0.6) is 0 Å². The summed E-state index contributed by atoms with van der Waals surface area (Å²) in [6.07, 6.45) is 3.22. The molecule has 0 aromatic heterocycles. The van der Waals surface area contributed by atoms with Gasteiger partial charge in [0, 0.05) is 17.6 Å². The Bertz CT molecular complexity index is 347. The van der Waals surface area contributed by atoms with Crippen LogP contribution in [-0.4, -0.2) is 18.0 Å². The number of hydrogen-bond donors (Lipinski definition) is 0. The van der Waals surface area contributed by atoms with Crippen molar-refractivity contribution in [3.8, 4) is 0 Å². The summed E-state index contributed by atoms with van der Waals surface area (Å²) in [5, 5.41) is 0.